The molecule has 4 nitrogen and oxygen atoms in total. The number of aromatic nitrogens is 2. The largest absolute Gasteiger partial charge is 0.348 e. The minimum atomic E-state index is -0.861. The second kappa shape index (κ2) is 7.68. The lowest BCUT2D eigenvalue weighted by molar-refractivity contribution is -0.117. The van der Waals surface area contributed by atoms with Gasteiger partial charge in [-0.05, 0) is 65.1 Å². The van der Waals surface area contributed by atoms with Crippen LogP contribution in [-0.2, 0) is 24.2 Å². The lowest BCUT2D eigenvalue weighted by Crippen LogP contribution is -2.24. The van der Waals surface area contributed by atoms with Crippen LogP contribution in [-0.4, -0.2) is 15.9 Å². The summed E-state index contributed by atoms with van der Waals surface area (Å²) in [5.41, 5.74) is 4.89. The average molecular weight is 377 g/mol. The first-order chi connectivity index (χ1) is 13.6. The van der Waals surface area contributed by atoms with E-state index in [0.29, 0.717) is 30.5 Å². The summed E-state index contributed by atoms with van der Waals surface area (Å²) in [5.74, 6) is -1.85. The molecule has 1 amide bonds. The zero-order valence-corrected chi connectivity index (χ0v) is 15.0. The molecule has 0 unspecified atom stereocenters. The van der Waals surface area contributed by atoms with Crippen molar-refractivity contribution in [2.75, 3.05) is 0 Å². The average Bonchev–Trinajstić information content (AvgIpc) is 3.13. The highest BCUT2D eigenvalue weighted by molar-refractivity contribution is 6.00. The van der Waals surface area contributed by atoms with E-state index in [-0.39, 0.29) is 5.91 Å². The third-order valence-corrected chi connectivity index (χ3v) is 4.63. The smallest absolute Gasteiger partial charge is 0.247 e. The Labute approximate surface area is 161 Å². The van der Waals surface area contributed by atoms with E-state index < -0.39 is 11.6 Å². The molecule has 1 aromatic carbocycles. The topological polar surface area (TPSA) is 54.9 Å². The zero-order valence-electron chi connectivity index (χ0n) is 15.0. The number of amides is 1. The summed E-state index contributed by atoms with van der Waals surface area (Å²) in [5, 5.41) is 2.90. The molecule has 4 rings (SSSR count). The van der Waals surface area contributed by atoms with Crippen LogP contribution in [0.3, 0.4) is 0 Å². The van der Waals surface area contributed by atoms with Gasteiger partial charge in [0.05, 0.1) is 5.69 Å². The van der Waals surface area contributed by atoms with E-state index in [9.17, 15) is 13.6 Å². The van der Waals surface area contributed by atoms with Crippen LogP contribution < -0.4 is 5.32 Å². The summed E-state index contributed by atoms with van der Waals surface area (Å²) in [6.45, 7) is 0.434. The van der Waals surface area contributed by atoms with Crippen molar-refractivity contribution in [3.63, 3.8) is 0 Å². The van der Waals surface area contributed by atoms with Crippen LogP contribution in [0.2, 0.25) is 0 Å². The first kappa shape index (κ1) is 18.0. The molecule has 2 heterocycles. The predicted octanol–water partition coefficient (Wildman–Crippen LogP) is 3.60. The number of carbonyl (C=O) groups is 1. The summed E-state index contributed by atoms with van der Waals surface area (Å²) < 4.78 is 26.5. The standard InChI is InChI=1S/C22H17F2N3O/c23-19-2-1-15(9-20(19)24)7-16-8-17-10-18(11-21(17)26-13-16)22(28)27-12-14-3-5-25-6-4-14/h1-6,8-10,13H,7,11-12H2,(H,27,28). The molecule has 0 atom stereocenters. The lowest BCUT2D eigenvalue weighted by Gasteiger charge is -2.06. The van der Waals surface area contributed by atoms with E-state index in [1.165, 1.54) is 6.07 Å². The van der Waals surface area contributed by atoms with E-state index >= 15 is 0 Å². The van der Waals surface area contributed by atoms with Gasteiger partial charge in [0.1, 0.15) is 0 Å². The van der Waals surface area contributed by atoms with Gasteiger partial charge in [-0.25, -0.2) is 8.78 Å². The Morgan fingerprint density at radius 2 is 1.82 bits per heavy atom. The van der Waals surface area contributed by atoms with Crippen LogP contribution in [0.4, 0.5) is 8.78 Å². The number of carbonyl (C=O) groups excluding carboxylic acids is 1. The number of pyridine rings is 2. The number of nitrogens with one attached hydrogen (secondary N) is 1. The third kappa shape index (κ3) is 3.96. The number of rotatable bonds is 5. The van der Waals surface area contributed by atoms with Gasteiger partial charge in [0.25, 0.3) is 0 Å². The number of nitrogens with zero attached hydrogens (tertiary/aromatic N) is 2. The summed E-state index contributed by atoms with van der Waals surface area (Å²) in [7, 11) is 0. The molecule has 1 aliphatic carbocycles. The van der Waals surface area contributed by atoms with Crippen LogP contribution >= 0.6 is 0 Å². The predicted molar refractivity (Wildman–Crippen MR) is 101 cm³/mol. The van der Waals surface area contributed by atoms with Crippen LogP contribution in [0.15, 0.2) is 60.6 Å². The molecule has 3 aromatic rings. The first-order valence-corrected chi connectivity index (χ1v) is 8.88. The van der Waals surface area contributed by atoms with Gasteiger partial charge in [-0.15, -0.1) is 0 Å². The Kier molecular flexibility index (Phi) is 4.93. The van der Waals surface area contributed by atoms with Crippen molar-refractivity contribution in [1.82, 2.24) is 15.3 Å². The van der Waals surface area contributed by atoms with Crippen molar-refractivity contribution < 1.29 is 13.6 Å². The Hall–Kier alpha value is -3.41. The summed E-state index contributed by atoms with van der Waals surface area (Å²) >= 11 is 0. The monoisotopic (exact) mass is 377 g/mol. The number of hydrogen-bond donors (Lipinski definition) is 1. The number of fused-ring (bicyclic) bond motifs is 1. The van der Waals surface area contributed by atoms with Gasteiger partial charge >= 0.3 is 0 Å². The van der Waals surface area contributed by atoms with Gasteiger partial charge in [-0.3, -0.25) is 14.8 Å². The van der Waals surface area contributed by atoms with Crippen LogP contribution in [0, 0.1) is 11.6 Å². The van der Waals surface area contributed by atoms with E-state index in [0.717, 1.165) is 28.5 Å². The molecule has 6 heteroatoms. The Balaban J connectivity index is 1.44. The molecule has 1 N–H and O–H groups in total. The van der Waals surface area contributed by atoms with Crippen molar-refractivity contribution >= 4 is 12.0 Å². The summed E-state index contributed by atoms with van der Waals surface area (Å²) in [4.78, 5) is 20.8. The van der Waals surface area contributed by atoms with Gasteiger partial charge in [0, 0.05) is 37.1 Å². The summed E-state index contributed by atoms with van der Waals surface area (Å²) in [6.07, 6.45) is 7.83. The van der Waals surface area contributed by atoms with Crippen molar-refractivity contribution in [3.05, 3.63) is 100 Å². The van der Waals surface area contributed by atoms with Gasteiger partial charge in [0.2, 0.25) is 5.91 Å². The fourth-order valence-corrected chi connectivity index (χ4v) is 3.17. The van der Waals surface area contributed by atoms with Crippen molar-refractivity contribution in [2.24, 2.45) is 0 Å². The third-order valence-electron chi connectivity index (χ3n) is 4.63. The first-order valence-electron chi connectivity index (χ1n) is 8.88. The second-order valence-electron chi connectivity index (χ2n) is 6.69. The number of halogens is 2. The molecule has 0 radical (unpaired) electrons. The highest BCUT2D eigenvalue weighted by Crippen LogP contribution is 2.25. The lowest BCUT2D eigenvalue weighted by atomic mass is 10.0. The quantitative estimate of drug-likeness (QED) is 0.739. The Morgan fingerprint density at radius 1 is 1.00 bits per heavy atom. The second-order valence-corrected chi connectivity index (χ2v) is 6.69. The number of hydrogen-bond acceptors (Lipinski definition) is 3. The maximum absolute atomic E-state index is 13.4. The van der Waals surface area contributed by atoms with E-state index in [1.807, 2.05) is 24.3 Å². The van der Waals surface area contributed by atoms with Crippen molar-refractivity contribution in [3.8, 4) is 0 Å². The molecule has 28 heavy (non-hydrogen) atoms. The highest BCUT2D eigenvalue weighted by atomic mass is 19.2. The van der Waals surface area contributed by atoms with Crippen LogP contribution in [0.5, 0.6) is 0 Å². The molecule has 0 aliphatic heterocycles. The summed E-state index contributed by atoms with van der Waals surface area (Å²) in [6, 6.07) is 9.51. The van der Waals surface area contributed by atoms with Gasteiger partial charge in [0.15, 0.2) is 11.6 Å². The van der Waals surface area contributed by atoms with E-state index in [4.69, 9.17) is 0 Å². The molecule has 2 aromatic heterocycles. The van der Waals surface area contributed by atoms with Gasteiger partial charge < -0.3 is 5.32 Å². The fraction of sp³-hybridized carbons (Fsp3) is 0.136. The molecule has 0 saturated carbocycles. The molecular weight excluding hydrogens is 360 g/mol. The van der Waals surface area contributed by atoms with Crippen LogP contribution in [0.25, 0.3) is 6.08 Å². The van der Waals surface area contributed by atoms with Gasteiger partial charge in [-0.2, -0.15) is 0 Å². The molecule has 0 bridgehead atoms. The maximum atomic E-state index is 13.4. The Bertz CT molecular complexity index is 1060. The van der Waals surface area contributed by atoms with E-state index in [2.05, 4.69) is 15.3 Å². The van der Waals surface area contributed by atoms with Gasteiger partial charge in [-0.1, -0.05) is 6.07 Å². The van der Waals surface area contributed by atoms with E-state index in [1.54, 1.807) is 24.7 Å². The number of benzene rings is 1. The maximum Gasteiger partial charge on any atom is 0.247 e. The molecule has 0 spiro atoms. The minimum absolute atomic E-state index is 0.128. The minimum Gasteiger partial charge on any atom is -0.348 e. The van der Waals surface area contributed by atoms with Crippen LogP contribution in [0.1, 0.15) is 27.9 Å². The SMILES string of the molecule is O=C(NCc1ccncc1)C1=Cc2cc(Cc3ccc(F)c(F)c3)cnc2C1. The normalized spacial score (nSPS) is 12.4. The van der Waals surface area contributed by atoms with Crippen molar-refractivity contribution in [1.29, 1.82) is 0 Å². The zero-order chi connectivity index (χ0) is 19.5. The molecule has 140 valence electrons. The molecule has 1 aliphatic rings. The van der Waals surface area contributed by atoms with Crippen molar-refractivity contribution in [2.45, 2.75) is 19.4 Å². The molecular formula is C22H17F2N3O. The molecule has 0 saturated heterocycles. The Morgan fingerprint density at radius 3 is 2.61 bits per heavy atom. The molecule has 0 fully saturated rings. The highest BCUT2D eigenvalue weighted by Gasteiger charge is 2.20. The fourth-order valence-electron chi connectivity index (χ4n) is 3.17.